The number of carboxylic acids is 1. The highest BCUT2D eigenvalue weighted by atomic mass is 28.3. The van der Waals surface area contributed by atoms with Crippen molar-refractivity contribution in [1.82, 2.24) is 9.80 Å². The zero-order chi connectivity index (χ0) is 27.8. The maximum absolute atomic E-state index is 14.9. The van der Waals surface area contributed by atoms with Crippen molar-refractivity contribution in [3.63, 3.8) is 0 Å². The van der Waals surface area contributed by atoms with E-state index in [1.54, 1.807) is 13.2 Å². The van der Waals surface area contributed by atoms with E-state index >= 15 is 0 Å². The molecule has 1 atom stereocenters. The van der Waals surface area contributed by atoms with Crippen LogP contribution in [0.4, 0.5) is 19.3 Å². The molecule has 3 amide bonds. The predicted octanol–water partition coefficient (Wildman–Crippen LogP) is 3.72. The Morgan fingerprint density at radius 3 is 2.34 bits per heavy atom. The summed E-state index contributed by atoms with van der Waals surface area (Å²) in [4.78, 5) is 41.0. The van der Waals surface area contributed by atoms with Crippen LogP contribution in [0.2, 0.25) is 19.6 Å². The maximum atomic E-state index is 14.9. The Morgan fingerprint density at radius 1 is 1.11 bits per heavy atom. The van der Waals surface area contributed by atoms with Gasteiger partial charge in [0, 0.05) is 43.5 Å². The van der Waals surface area contributed by atoms with Crippen LogP contribution in [0.25, 0.3) is 0 Å². The summed E-state index contributed by atoms with van der Waals surface area (Å²) in [6, 6.07) is 6.40. The minimum absolute atomic E-state index is 0.0204. The predicted molar refractivity (Wildman–Crippen MR) is 141 cm³/mol. The van der Waals surface area contributed by atoms with E-state index in [2.05, 4.69) is 5.32 Å². The average Bonchev–Trinajstić information content (AvgIpc) is 2.78. The number of fused-ring (bicyclic) bond motifs is 1. The molecule has 0 bridgehead atoms. The van der Waals surface area contributed by atoms with Crippen LogP contribution in [-0.2, 0) is 27.4 Å². The standard InChI is InChI=1S/C27H33F2N3O5Si/c1-37-15-16-5-6-20-18(9-16)7-8-32(27(36)31-13-17(14-31)10-23(33)34)24(20)26(35)30-19-11-21(28)25(22(29)12-19)38(2,3)4/h5-6,9,11-12,17,24H,7-8,10,13-15H2,1-4H3,(H,30,35)(H,33,34)/t24-/m1/s1. The SMILES string of the molecule is COCc1ccc2c(c1)CCN(C(=O)N1CC(CC(=O)O)C1)[C@H]2C(=O)Nc1cc(F)c([Si](C)(C)C)c(F)c1. The molecule has 8 nitrogen and oxygen atoms in total. The molecule has 11 heteroatoms. The number of nitrogens with one attached hydrogen (secondary N) is 1. The molecule has 2 aliphatic rings. The molecule has 2 aliphatic heterocycles. The zero-order valence-corrected chi connectivity index (χ0v) is 23.0. The lowest BCUT2D eigenvalue weighted by Gasteiger charge is -2.45. The summed E-state index contributed by atoms with van der Waals surface area (Å²) < 4.78 is 34.9. The van der Waals surface area contributed by atoms with Crippen LogP contribution in [0.1, 0.15) is 29.2 Å². The fourth-order valence-electron chi connectivity index (χ4n) is 5.28. The number of ether oxygens (including phenoxy) is 1. The second-order valence-electron chi connectivity index (χ2n) is 11.0. The van der Waals surface area contributed by atoms with E-state index in [1.165, 1.54) is 9.80 Å². The smallest absolute Gasteiger partial charge is 0.320 e. The van der Waals surface area contributed by atoms with Gasteiger partial charge in [-0.25, -0.2) is 13.6 Å². The van der Waals surface area contributed by atoms with Crippen LogP contribution in [-0.4, -0.2) is 67.6 Å². The van der Waals surface area contributed by atoms with Crippen molar-refractivity contribution in [2.24, 2.45) is 5.92 Å². The number of halogens is 2. The van der Waals surface area contributed by atoms with Gasteiger partial charge in [-0.2, -0.15) is 0 Å². The number of carbonyl (C=O) groups is 3. The van der Waals surface area contributed by atoms with Crippen LogP contribution >= 0.6 is 0 Å². The molecule has 2 aromatic carbocycles. The van der Waals surface area contributed by atoms with Gasteiger partial charge in [0.05, 0.1) is 21.1 Å². The number of urea groups is 1. The van der Waals surface area contributed by atoms with Gasteiger partial charge in [-0.3, -0.25) is 9.59 Å². The lowest BCUT2D eigenvalue weighted by Crippen LogP contribution is -2.58. The largest absolute Gasteiger partial charge is 0.481 e. The fourth-order valence-corrected chi connectivity index (χ4v) is 6.86. The Kier molecular flexibility index (Phi) is 7.89. The molecular formula is C27H33F2N3O5Si. The maximum Gasteiger partial charge on any atom is 0.320 e. The van der Waals surface area contributed by atoms with Crippen molar-refractivity contribution in [2.45, 2.75) is 45.1 Å². The Labute approximate surface area is 221 Å². The first-order valence-corrected chi connectivity index (χ1v) is 16.1. The number of anilines is 1. The quantitative estimate of drug-likeness (QED) is 0.517. The molecule has 1 fully saturated rings. The van der Waals surface area contributed by atoms with Crippen molar-refractivity contribution < 1.29 is 33.0 Å². The van der Waals surface area contributed by atoms with E-state index in [9.17, 15) is 23.2 Å². The first-order valence-electron chi connectivity index (χ1n) is 12.6. The van der Waals surface area contributed by atoms with Crippen molar-refractivity contribution in [2.75, 3.05) is 32.1 Å². The van der Waals surface area contributed by atoms with Crippen LogP contribution < -0.4 is 10.5 Å². The van der Waals surface area contributed by atoms with E-state index in [1.807, 2.05) is 31.8 Å². The van der Waals surface area contributed by atoms with Gasteiger partial charge in [0.2, 0.25) is 0 Å². The third-order valence-corrected chi connectivity index (χ3v) is 8.97. The molecule has 0 aromatic heterocycles. The molecule has 1 saturated heterocycles. The summed E-state index contributed by atoms with van der Waals surface area (Å²) in [6.07, 6.45) is 0.492. The number of carboxylic acid groups (broad SMARTS) is 1. The molecule has 0 saturated carbocycles. The van der Waals surface area contributed by atoms with E-state index in [-0.39, 0.29) is 35.8 Å². The Bertz CT molecular complexity index is 1240. The summed E-state index contributed by atoms with van der Waals surface area (Å²) in [7, 11) is -0.708. The van der Waals surface area contributed by atoms with Crippen LogP contribution in [0.15, 0.2) is 30.3 Å². The van der Waals surface area contributed by atoms with Crippen LogP contribution in [0.3, 0.4) is 0 Å². The molecule has 0 spiro atoms. The topological polar surface area (TPSA) is 99.2 Å². The van der Waals surface area contributed by atoms with Crippen LogP contribution in [0, 0.1) is 17.6 Å². The Hall–Kier alpha value is -3.31. The third-order valence-electron chi connectivity index (χ3n) is 6.99. The van der Waals surface area contributed by atoms with Crippen LogP contribution in [0.5, 0.6) is 0 Å². The average molecular weight is 546 g/mol. The lowest BCUT2D eigenvalue weighted by atomic mass is 9.90. The van der Waals surface area contributed by atoms with Crippen molar-refractivity contribution in [3.05, 3.63) is 58.7 Å². The number of amides is 3. The molecule has 4 rings (SSSR count). The lowest BCUT2D eigenvalue weighted by molar-refractivity contribution is -0.139. The van der Waals surface area contributed by atoms with Crippen molar-refractivity contribution >= 4 is 36.9 Å². The van der Waals surface area contributed by atoms with Gasteiger partial charge in [0.25, 0.3) is 5.91 Å². The van der Waals surface area contributed by atoms with Crippen molar-refractivity contribution in [1.29, 1.82) is 0 Å². The molecular weight excluding hydrogens is 512 g/mol. The van der Waals surface area contributed by atoms with Gasteiger partial charge in [0.1, 0.15) is 17.7 Å². The number of aliphatic carboxylic acids is 1. The normalized spacial score (nSPS) is 17.6. The summed E-state index contributed by atoms with van der Waals surface area (Å²) in [5.74, 6) is -3.04. The van der Waals surface area contributed by atoms with Gasteiger partial charge in [0.15, 0.2) is 0 Å². The molecule has 2 N–H and O–H groups in total. The highest BCUT2D eigenvalue weighted by Crippen LogP contribution is 2.34. The summed E-state index contributed by atoms with van der Waals surface area (Å²) in [5.41, 5.74) is 2.43. The van der Waals surface area contributed by atoms with Gasteiger partial charge in [-0.15, -0.1) is 0 Å². The summed E-state index contributed by atoms with van der Waals surface area (Å²) >= 11 is 0. The van der Waals surface area contributed by atoms with E-state index < -0.39 is 37.6 Å². The minimum atomic E-state index is -2.30. The molecule has 0 radical (unpaired) electrons. The van der Waals surface area contributed by atoms with E-state index in [4.69, 9.17) is 9.84 Å². The molecule has 2 aromatic rings. The highest BCUT2D eigenvalue weighted by molar-refractivity contribution is 6.88. The number of likely N-dealkylation sites (tertiary alicyclic amines) is 1. The first-order chi connectivity index (χ1) is 17.9. The Balaban J connectivity index is 1.63. The van der Waals surface area contributed by atoms with E-state index in [0.717, 1.165) is 23.3 Å². The molecule has 0 unspecified atom stereocenters. The number of carbonyl (C=O) groups excluding carboxylic acids is 2. The summed E-state index contributed by atoms with van der Waals surface area (Å²) in [6.45, 7) is 6.76. The molecule has 0 aliphatic carbocycles. The number of benzene rings is 2. The second-order valence-corrected chi connectivity index (χ2v) is 16.0. The molecule has 204 valence electrons. The monoisotopic (exact) mass is 545 g/mol. The van der Waals surface area contributed by atoms with Crippen molar-refractivity contribution in [3.8, 4) is 0 Å². The Morgan fingerprint density at radius 2 is 1.76 bits per heavy atom. The minimum Gasteiger partial charge on any atom is -0.481 e. The number of rotatable bonds is 7. The highest BCUT2D eigenvalue weighted by Gasteiger charge is 2.41. The van der Waals surface area contributed by atoms with Gasteiger partial charge >= 0.3 is 12.0 Å². The number of nitrogens with zero attached hydrogens (tertiary/aromatic N) is 2. The molecule has 2 heterocycles. The molecule has 38 heavy (non-hydrogen) atoms. The third kappa shape index (κ3) is 5.73. The second kappa shape index (κ2) is 10.8. The zero-order valence-electron chi connectivity index (χ0n) is 22.0. The fraction of sp³-hybridized carbons (Fsp3) is 0.444. The number of methoxy groups -OCH3 is 1. The van der Waals surface area contributed by atoms with Gasteiger partial charge < -0.3 is 25.0 Å². The summed E-state index contributed by atoms with van der Waals surface area (Å²) in [5, 5.41) is 11.7. The van der Waals surface area contributed by atoms with Gasteiger partial charge in [-0.1, -0.05) is 37.8 Å². The number of hydrogen-bond acceptors (Lipinski definition) is 4. The first kappa shape index (κ1) is 27.7. The van der Waals surface area contributed by atoms with Gasteiger partial charge in [-0.05, 0) is 35.2 Å². The number of hydrogen-bond donors (Lipinski definition) is 2. The van der Waals surface area contributed by atoms with E-state index in [0.29, 0.717) is 31.7 Å².